The number of hydrogen-bond acceptors (Lipinski definition) is 3. The molecule has 0 aliphatic carbocycles. The van der Waals surface area contributed by atoms with Crippen molar-refractivity contribution < 1.29 is 4.39 Å². The SMILES string of the molecule is Nc1ccnn1Cc1ccncc1F. The number of halogens is 1. The minimum Gasteiger partial charge on any atom is -0.384 e. The van der Waals surface area contributed by atoms with Gasteiger partial charge in [-0.25, -0.2) is 9.07 Å². The molecule has 72 valence electrons. The minimum atomic E-state index is -0.345. The first-order chi connectivity index (χ1) is 6.77. The van der Waals surface area contributed by atoms with Crippen LogP contribution < -0.4 is 5.73 Å². The Morgan fingerprint density at radius 2 is 2.21 bits per heavy atom. The highest BCUT2D eigenvalue weighted by Gasteiger charge is 2.04. The predicted molar refractivity (Wildman–Crippen MR) is 49.9 cm³/mol. The smallest absolute Gasteiger partial charge is 0.146 e. The fraction of sp³-hybridized carbons (Fsp3) is 0.111. The molecule has 5 heteroatoms. The summed E-state index contributed by atoms with van der Waals surface area (Å²) in [5.41, 5.74) is 6.12. The van der Waals surface area contributed by atoms with Crippen LogP contribution in [-0.4, -0.2) is 14.8 Å². The zero-order chi connectivity index (χ0) is 9.97. The van der Waals surface area contributed by atoms with Crippen molar-refractivity contribution in [2.75, 3.05) is 5.73 Å². The summed E-state index contributed by atoms with van der Waals surface area (Å²) in [6.07, 6.45) is 4.29. The summed E-state index contributed by atoms with van der Waals surface area (Å²) in [6.45, 7) is 0.327. The molecule has 0 aromatic carbocycles. The van der Waals surface area contributed by atoms with Gasteiger partial charge in [0.2, 0.25) is 0 Å². The minimum absolute atomic E-state index is 0.327. The molecule has 2 rings (SSSR count). The van der Waals surface area contributed by atoms with Crippen LogP contribution >= 0.6 is 0 Å². The highest BCUT2D eigenvalue weighted by atomic mass is 19.1. The van der Waals surface area contributed by atoms with E-state index in [0.717, 1.165) is 0 Å². The van der Waals surface area contributed by atoms with E-state index in [1.807, 2.05) is 0 Å². The van der Waals surface area contributed by atoms with Crippen LogP contribution in [0, 0.1) is 5.82 Å². The van der Waals surface area contributed by atoms with Gasteiger partial charge >= 0.3 is 0 Å². The number of hydrogen-bond donors (Lipinski definition) is 1. The first-order valence-corrected chi connectivity index (χ1v) is 4.13. The Labute approximate surface area is 80.2 Å². The molecular formula is C9H9FN4. The first kappa shape index (κ1) is 8.68. The van der Waals surface area contributed by atoms with Crippen LogP contribution in [0.3, 0.4) is 0 Å². The normalized spacial score (nSPS) is 10.4. The van der Waals surface area contributed by atoms with Gasteiger partial charge in [-0.2, -0.15) is 5.10 Å². The summed E-state index contributed by atoms with van der Waals surface area (Å²) in [7, 11) is 0. The largest absolute Gasteiger partial charge is 0.384 e. The molecule has 2 aromatic rings. The van der Waals surface area contributed by atoms with Crippen molar-refractivity contribution >= 4 is 5.82 Å². The lowest BCUT2D eigenvalue weighted by Gasteiger charge is -2.04. The molecule has 0 radical (unpaired) electrons. The van der Waals surface area contributed by atoms with Crippen LogP contribution in [0.25, 0.3) is 0 Å². The Kier molecular flexibility index (Phi) is 2.14. The number of nitrogens with zero attached hydrogens (tertiary/aromatic N) is 3. The highest BCUT2D eigenvalue weighted by Crippen LogP contribution is 2.09. The van der Waals surface area contributed by atoms with Crippen molar-refractivity contribution in [3.05, 3.63) is 42.1 Å². The van der Waals surface area contributed by atoms with Crippen LogP contribution in [0.4, 0.5) is 10.2 Å². The molecule has 2 N–H and O–H groups in total. The van der Waals surface area contributed by atoms with Gasteiger partial charge in [-0.1, -0.05) is 0 Å². The van der Waals surface area contributed by atoms with Crippen LogP contribution in [0.5, 0.6) is 0 Å². The number of nitrogens with two attached hydrogens (primary N) is 1. The van der Waals surface area contributed by atoms with Crippen molar-refractivity contribution in [3.8, 4) is 0 Å². The van der Waals surface area contributed by atoms with E-state index in [2.05, 4.69) is 10.1 Å². The topological polar surface area (TPSA) is 56.7 Å². The molecule has 0 saturated carbocycles. The summed E-state index contributed by atoms with van der Waals surface area (Å²) in [4.78, 5) is 3.66. The Hall–Kier alpha value is -1.91. The Morgan fingerprint density at radius 3 is 2.86 bits per heavy atom. The predicted octanol–water partition coefficient (Wildman–Crippen LogP) is 1.05. The molecular weight excluding hydrogens is 183 g/mol. The van der Waals surface area contributed by atoms with E-state index in [0.29, 0.717) is 17.9 Å². The molecule has 0 unspecified atom stereocenters. The maximum atomic E-state index is 13.2. The first-order valence-electron chi connectivity index (χ1n) is 4.13. The molecule has 0 amide bonds. The standard InChI is InChI=1S/C9H9FN4/c10-8-5-12-3-1-7(8)6-14-9(11)2-4-13-14/h1-5H,6,11H2. The van der Waals surface area contributed by atoms with Crippen LogP contribution in [0.1, 0.15) is 5.56 Å². The lowest BCUT2D eigenvalue weighted by atomic mass is 10.2. The summed E-state index contributed by atoms with van der Waals surface area (Å²) in [6, 6.07) is 3.27. The number of anilines is 1. The van der Waals surface area contributed by atoms with Gasteiger partial charge in [0.15, 0.2) is 0 Å². The quantitative estimate of drug-likeness (QED) is 0.773. The summed E-state index contributed by atoms with van der Waals surface area (Å²) in [5.74, 6) is 0.170. The van der Waals surface area contributed by atoms with Crippen molar-refractivity contribution in [1.82, 2.24) is 14.8 Å². The van der Waals surface area contributed by atoms with Crippen LogP contribution in [0.15, 0.2) is 30.7 Å². The molecule has 0 spiro atoms. The van der Waals surface area contributed by atoms with Gasteiger partial charge in [0.25, 0.3) is 0 Å². The van der Waals surface area contributed by atoms with E-state index in [-0.39, 0.29) is 5.82 Å². The molecule has 2 heterocycles. The molecule has 0 aliphatic heterocycles. The van der Waals surface area contributed by atoms with E-state index in [4.69, 9.17) is 5.73 Å². The summed E-state index contributed by atoms with van der Waals surface area (Å²) < 4.78 is 14.7. The molecule has 0 bridgehead atoms. The van der Waals surface area contributed by atoms with Gasteiger partial charge in [0.1, 0.15) is 11.6 Å². The fourth-order valence-corrected chi connectivity index (χ4v) is 1.17. The molecule has 2 aromatic heterocycles. The second-order valence-corrected chi connectivity index (χ2v) is 2.88. The molecule has 0 fully saturated rings. The monoisotopic (exact) mass is 192 g/mol. The van der Waals surface area contributed by atoms with Gasteiger partial charge in [-0.15, -0.1) is 0 Å². The van der Waals surface area contributed by atoms with E-state index in [9.17, 15) is 4.39 Å². The second kappa shape index (κ2) is 3.45. The van der Waals surface area contributed by atoms with E-state index in [1.54, 1.807) is 18.3 Å². The number of rotatable bonds is 2. The van der Waals surface area contributed by atoms with E-state index < -0.39 is 0 Å². The summed E-state index contributed by atoms with van der Waals surface area (Å²) >= 11 is 0. The maximum Gasteiger partial charge on any atom is 0.146 e. The average Bonchev–Trinajstić information content (AvgIpc) is 2.56. The molecule has 4 nitrogen and oxygen atoms in total. The third-order valence-electron chi connectivity index (χ3n) is 1.93. The molecule has 0 aliphatic rings. The highest BCUT2D eigenvalue weighted by molar-refractivity contribution is 5.27. The van der Waals surface area contributed by atoms with Gasteiger partial charge < -0.3 is 5.73 Å². The molecule has 0 saturated heterocycles. The van der Waals surface area contributed by atoms with Crippen molar-refractivity contribution in [2.45, 2.75) is 6.54 Å². The zero-order valence-electron chi connectivity index (χ0n) is 7.39. The molecule has 14 heavy (non-hydrogen) atoms. The molecule has 0 atom stereocenters. The summed E-state index contributed by atoms with van der Waals surface area (Å²) in [5, 5.41) is 3.96. The van der Waals surface area contributed by atoms with Crippen LogP contribution in [-0.2, 0) is 6.54 Å². The van der Waals surface area contributed by atoms with Gasteiger partial charge in [0, 0.05) is 11.8 Å². The Morgan fingerprint density at radius 1 is 1.36 bits per heavy atom. The maximum absolute atomic E-state index is 13.2. The average molecular weight is 192 g/mol. The van der Waals surface area contributed by atoms with Crippen molar-refractivity contribution in [3.63, 3.8) is 0 Å². The van der Waals surface area contributed by atoms with Crippen molar-refractivity contribution in [2.24, 2.45) is 0 Å². The number of pyridine rings is 1. The van der Waals surface area contributed by atoms with Crippen LogP contribution in [0.2, 0.25) is 0 Å². The van der Waals surface area contributed by atoms with Gasteiger partial charge in [0.05, 0.1) is 18.9 Å². The van der Waals surface area contributed by atoms with E-state index in [1.165, 1.54) is 17.1 Å². The third-order valence-corrected chi connectivity index (χ3v) is 1.93. The lowest BCUT2D eigenvalue weighted by molar-refractivity contribution is 0.582. The lowest BCUT2D eigenvalue weighted by Crippen LogP contribution is -2.07. The second-order valence-electron chi connectivity index (χ2n) is 2.88. The Balaban J connectivity index is 2.28. The van der Waals surface area contributed by atoms with Crippen molar-refractivity contribution in [1.29, 1.82) is 0 Å². The zero-order valence-corrected chi connectivity index (χ0v) is 7.39. The fourth-order valence-electron chi connectivity index (χ4n) is 1.17. The van der Waals surface area contributed by atoms with Gasteiger partial charge in [-0.05, 0) is 12.1 Å². The van der Waals surface area contributed by atoms with E-state index >= 15 is 0 Å². The number of aromatic nitrogens is 3. The third kappa shape index (κ3) is 1.56. The number of nitrogen functional groups attached to an aromatic ring is 1. The Bertz CT molecular complexity index is 438. The van der Waals surface area contributed by atoms with Gasteiger partial charge in [-0.3, -0.25) is 4.98 Å².